The Morgan fingerprint density at radius 2 is 2.00 bits per heavy atom. The molecule has 3 atom stereocenters. The van der Waals surface area contributed by atoms with E-state index in [9.17, 15) is 4.79 Å². The molecular formula is C20H22N4O. The van der Waals surface area contributed by atoms with Crippen LogP contribution in [-0.4, -0.2) is 34.5 Å². The molecule has 1 amide bonds. The second-order valence-electron chi connectivity index (χ2n) is 7.52. The van der Waals surface area contributed by atoms with Crippen LogP contribution in [0.4, 0.5) is 5.69 Å². The normalized spacial score (nSPS) is 30.6. The quantitative estimate of drug-likeness (QED) is 0.886. The maximum absolute atomic E-state index is 12.6. The summed E-state index contributed by atoms with van der Waals surface area (Å²) in [6.45, 7) is 2.97. The largest absolute Gasteiger partial charge is 0.362 e. The van der Waals surface area contributed by atoms with Gasteiger partial charge in [0.15, 0.2) is 0 Å². The summed E-state index contributed by atoms with van der Waals surface area (Å²) in [5.41, 5.74) is 2.53. The highest BCUT2D eigenvalue weighted by atomic mass is 16.2. The lowest BCUT2D eigenvalue weighted by Crippen LogP contribution is -2.61. The number of likely N-dealkylation sites (tertiary alicyclic amines) is 1. The Labute approximate surface area is 147 Å². The average molecular weight is 334 g/mol. The van der Waals surface area contributed by atoms with Crippen LogP contribution in [0.5, 0.6) is 0 Å². The van der Waals surface area contributed by atoms with Crippen molar-refractivity contribution in [3.05, 3.63) is 59.9 Å². The summed E-state index contributed by atoms with van der Waals surface area (Å²) >= 11 is 0. The first-order chi connectivity index (χ1) is 12.2. The van der Waals surface area contributed by atoms with Gasteiger partial charge in [-0.05, 0) is 43.0 Å². The number of para-hydroxylation sites is 1. The third kappa shape index (κ3) is 2.42. The van der Waals surface area contributed by atoms with Gasteiger partial charge in [-0.3, -0.25) is 14.7 Å². The van der Waals surface area contributed by atoms with Crippen molar-refractivity contribution in [2.45, 2.75) is 25.0 Å². The Balaban J connectivity index is 1.38. The second kappa shape index (κ2) is 5.56. The van der Waals surface area contributed by atoms with Crippen LogP contribution in [0.1, 0.15) is 28.9 Å². The van der Waals surface area contributed by atoms with Crippen LogP contribution < -0.4 is 10.6 Å². The molecule has 0 unspecified atom stereocenters. The van der Waals surface area contributed by atoms with Gasteiger partial charge >= 0.3 is 0 Å². The molecule has 2 N–H and O–H groups in total. The van der Waals surface area contributed by atoms with Crippen LogP contribution in [0.3, 0.4) is 0 Å². The molecule has 25 heavy (non-hydrogen) atoms. The van der Waals surface area contributed by atoms with Gasteiger partial charge in [0.05, 0.1) is 11.3 Å². The molecule has 1 aromatic heterocycles. The third-order valence-electron chi connectivity index (χ3n) is 6.04. The molecule has 0 bridgehead atoms. The highest BCUT2D eigenvalue weighted by Gasteiger charge is 2.54. The van der Waals surface area contributed by atoms with Crippen LogP contribution in [0.25, 0.3) is 0 Å². The molecular weight excluding hydrogens is 312 g/mol. The molecule has 1 aromatic carbocycles. The van der Waals surface area contributed by atoms with Crippen LogP contribution in [0, 0.1) is 11.8 Å². The van der Waals surface area contributed by atoms with E-state index in [4.69, 9.17) is 0 Å². The Kier molecular flexibility index (Phi) is 3.31. The molecule has 5 nitrogen and oxygen atoms in total. The first-order valence-electron chi connectivity index (χ1n) is 9.05. The lowest BCUT2D eigenvalue weighted by atomic mass is 9.89. The number of hydrogen-bond donors (Lipinski definition) is 2. The van der Waals surface area contributed by atoms with Gasteiger partial charge in [-0.2, -0.15) is 0 Å². The minimum Gasteiger partial charge on any atom is -0.362 e. The highest BCUT2D eigenvalue weighted by molar-refractivity contribution is 6.02. The number of amides is 1. The van der Waals surface area contributed by atoms with Crippen molar-refractivity contribution in [2.24, 2.45) is 11.8 Å². The zero-order chi connectivity index (χ0) is 16.9. The summed E-state index contributed by atoms with van der Waals surface area (Å²) in [6.07, 6.45) is 4.01. The number of fused-ring (bicyclic) bond motifs is 3. The van der Waals surface area contributed by atoms with E-state index in [1.54, 1.807) is 0 Å². The van der Waals surface area contributed by atoms with Gasteiger partial charge in [-0.15, -0.1) is 0 Å². The van der Waals surface area contributed by atoms with E-state index in [-0.39, 0.29) is 11.6 Å². The third-order valence-corrected chi connectivity index (χ3v) is 6.04. The van der Waals surface area contributed by atoms with Gasteiger partial charge in [-0.1, -0.05) is 18.2 Å². The van der Waals surface area contributed by atoms with Gasteiger partial charge in [0.1, 0.15) is 5.66 Å². The molecule has 1 aliphatic carbocycles. The number of nitrogens with one attached hydrogen (secondary N) is 2. The smallest absolute Gasteiger partial charge is 0.255 e. The second-order valence-corrected chi connectivity index (χ2v) is 7.52. The number of nitrogens with zero attached hydrogens (tertiary/aromatic N) is 2. The summed E-state index contributed by atoms with van der Waals surface area (Å²) in [5.74, 6) is 1.12. The van der Waals surface area contributed by atoms with Crippen molar-refractivity contribution < 1.29 is 4.79 Å². The fourth-order valence-electron chi connectivity index (χ4n) is 4.90. The zero-order valence-electron chi connectivity index (χ0n) is 14.1. The van der Waals surface area contributed by atoms with Crippen molar-refractivity contribution in [3.63, 3.8) is 0 Å². The predicted molar refractivity (Wildman–Crippen MR) is 96.0 cm³/mol. The summed E-state index contributed by atoms with van der Waals surface area (Å²) in [6, 6.07) is 13.9. The summed E-state index contributed by atoms with van der Waals surface area (Å²) < 4.78 is 0. The van der Waals surface area contributed by atoms with E-state index in [0.29, 0.717) is 11.8 Å². The number of hydrogen-bond acceptors (Lipinski definition) is 4. The number of anilines is 1. The first kappa shape index (κ1) is 14.9. The number of pyridine rings is 1. The minimum atomic E-state index is -0.297. The van der Waals surface area contributed by atoms with E-state index in [1.165, 1.54) is 0 Å². The Morgan fingerprint density at radius 1 is 1.12 bits per heavy atom. The lowest BCUT2D eigenvalue weighted by molar-refractivity contribution is 0.0871. The Morgan fingerprint density at radius 3 is 2.88 bits per heavy atom. The van der Waals surface area contributed by atoms with Gasteiger partial charge < -0.3 is 10.6 Å². The minimum absolute atomic E-state index is 0.0539. The SMILES string of the molecule is O=C1N[C@]2(CC[C@@H]3CN(Cc4ccccn4)C[C@@H]32)Nc2ccccc21. The van der Waals surface area contributed by atoms with E-state index in [2.05, 4.69) is 26.6 Å². The molecule has 2 aromatic rings. The van der Waals surface area contributed by atoms with Gasteiger partial charge in [0.25, 0.3) is 5.91 Å². The van der Waals surface area contributed by atoms with Crippen molar-refractivity contribution >= 4 is 11.6 Å². The van der Waals surface area contributed by atoms with Crippen LogP contribution in [-0.2, 0) is 6.54 Å². The van der Waals surface area contributed by atoms with Crippen molar-refractivity contribution in [2.75, 3.05) is 18.4 Å². The van der Waals surface area contributed by atoms with E-state index < -0.39 is 0 Å². The first-order valence-corrected chi connectivity index (χ1v) is 9.05. The van der Waals surface area contributed by atoms with E-state index >= 15 is 0 Å². The molecule has 0 radical (unpaired) electrons. The topological polar surface area (TPSA) is 57.3 Å². The van der Waals surface area contributed by atoms with Gasteiger partial charge in [0.2, 0.25) is 0 Å². The monoisotopic (exact) mass is 334 g/mol. The molecule has 2 aliphatic heterocycles. The lowest BCUT2D eigenvalue weighted by Gasteiger charge is -2.42. The molecule has 1 saturated carbocycles. The van der Waals surface area contributed by atoms with Gasteiger partial charge in [-0.25, -0.2) is 0 Å². The molecule has 5 rings (SSSR count). The number of rotatable bonds is 2. The molecule has 5 heteroatoms. The molecule has 1 saturated heterocycles. The Hall–Kier alpha value is -2.40. The molecule has 3 heterocycles. The maximum atomic E-state index is 12.6. The fourth-order valence-corrected chi connectivity index (χ4v) is 4.90. The van der Waals surface area contributed by atoms with Crippen LogP contribution >= 0.6 is 0 Å². The maximum Gasteiger partial charge on any atom is 0.255 e. The fraction of sp³-hybridized carbons (Fsp3) is 0.400. The standard InChI is InChI=1S/C20H22N4O/c25-19-16-6-1-2-7-18(16)22-20(23-19)9-8-14-11-24(13-17(14)20)12-15-5-3-4-10-21-15/h1-7,10,14,17,22H,8-9,11-13H2,(H,23,25)/t14-,17+,20+/m1/s1. The van der Waals surface area contributed by atoms with Gasteiger partial charge in [0, 0.05) is 37.4 Å². The van der Waals surface area contributed by atoms with Crippen LogP contribution in [0.15, 0.2) is 48.7 Å². The summed E-state index contributed by atoms with van der Waals surface area (Å²) in [4.78, 5) is 19.6. The predicted octanol–water partition coefficient (Wildman–Crippen LogP) is 2.48. The van der Waals surface area contributed by atoms with Crippen LogP contribution in [0.2, 0.25) is 0 Å². The van der Waals surface area contributed by atoms with Crippen molar-refractivity contribution in [1.82, 2.24) is 15.2 Å². The van der Waals surface area contributed by atoms with E-state index in [1.807, 2.05) is 42.6 Å². The molecule has 1 spiro atoms. The number of carbonyl (C=O) groups is 1. The summed E-state index contributed by atoms with van der Waals surface area (Å²) in [7, 11) is 0. The number of carbonyl (C=O) groups excluding carboxylic acids is 1. The number of benzene rings is 1. The number of aromatic nitrogens is 1. The van der Waals surface area contributed by atoms with E-state index in [0.717, 1.165) is 49.4 Å². The molecule has 2 fully saturated rings. The molecule has 3 aliphatic rings. The summed E-state index contributed by atoms with van der Waals surface area (Å²) in [5, 5.41) is 7.00. The zero-order valence-corrected chi connectivity index (χ0v) is 14.1. The Bertz CT molecular complexity index is 808. The highest BCUT2D eigenvalue weighted by Crippen LogP contribution is 2.47. The molecule has 128 valence electrons. The van der Waals surface area contributed by atoms with Crippen molar-refractivity contribution in [1.29, 1.82) is 0 Å². The average Bonchev–Trinajstić information content (AvgIpc) is 3.17. The van der Waals surface area contributed by atoms with Crippen molar-refractivity contribution in [3.8, 4) is 0 Å².